The molecule has 1 fully saturated rings. The Labute approximate surface area is 120 Å². The molecule has 0 saturated carbocycles. The molecule has 0 aliphatic carbocycles. The van der Waals surface area contributed by atoms with E-state index in [0.29, 0.717) is 13.2 Å². The number of rotatable bonds is 6. The lowest BCUT2D eigenvalue weighted by Crippen LogP contribution is -2.26. The number of benzene rings is 1. The van der Waals surface area contributed by atoms with Crippen molar-refractivity contribution in [2.45, 2.75) is 39.0 Å². The summed E-state index contributed by atoms with van der Waals surface area (Å²) in [6.45, 7) is 6.54. The minimum Gasteiger partial charge on any atom is -0.350 e. The lowest BCUT2D eigenvalue weighted by Gasteiger charge is -2.22. The van der Waals surface area contributed by atoms with Gasteiger partial charge in [-0.05, 0) is 37.1 Å². The van der Waals surface area contributed by atoms with Crippen molar-refractivity contribution in [2.75, 3.05) is 19.8 Å². The zero-order chi connectivity index (χ0) is 13.7. The van der Waals surface area contributed by atoms with Crippen LogP contribution in [0.4, 0.5) is 0 Å². The molecule has 1 aromatic rings. The molecule has 0 aromatic heterocycles. The standard InChI is InChI=1S/C15H22ClNO2/c1-3-6-17-14(10-15-18-7-8-19-15)12-5-4-11(2)13(16)9-12/h4-5,9,14-15,17H,3,6-8,10H2,1-2H3. The molecule has 1 saturated heterocycles. The minimum absolute atomic E-state index is 0.102. The molecule has 1 aliphatic rings. The quantitative estimate of drug-likeness (QED) is 0.867. The highest BCUT2D eigenvalue weighted by Gasteiger charge is 2.22. The highest BCUT2D eigenvalue weighted by molar-refractivity contribution is 6.31. The summed E-state index contributed by atoms with van der Waals surface area (Å²) in [6, 6.07) is 6.46. The van der Waals surface area contributed by atoms with Crippen LogP contribution in [0.1, 0.15) is 36.9 Å². The van der Waals surface area contributed by atoms with Crippen LogP contribution in [-0.2, 0) is 9.47 Å². The van der Waals surface area contributed by atoms with E-state index in [4.69, 9.17) is 21.1 Å². The van der Waals surface area contributed by atoms with Gasteiger partial charge in [0, 0.05) is 17.5 Å². The first-order valence-corrected chi connectivity index (χ1v) is 7.31. The predicted octanol–water partition coefficient (Wildman–Crippen LogP) is 3.45. The van der Waals surface area contributed by atoms with Gasteiger partial charge in [-0.2, -0.15) is 0 Å². The van der Waals surface area contributed by atoms with Crippen molar-refractivity contribution in [1.82, 2.24) is 5.32 Å². The molecule has 106 valence electrons. The largest absolute Gasteiger partial charge is 0.350 e. The second-order valence-corrected chi connectivity index (χ2v) is 5.33. The maximum atomic E-state index is 6.22. The fourth-order valence-corrected chi connectivity index (χ4v) is 2.41. The average Bonchev–Trinajstić information content (AvgIpc) is 2.91. The Kier molecular flexibility index (Phi) is 5.64. The van der Waals surface area contributed by atoms with Crippen LogP contribution in [0.2, 0.25) is 5.02 Å². The van der Waals surface area contributed by atoms with Gasteiger partial charge in [0.2, 0.25) is 0 Å². The van der Waals surface area contributed by atoms with Crippen LogP contribution in [0.25, 0.3) is 0 Å². The maximum Gasteiger partial charge on any atom is 0.159 e. The van der Waals surface area contributed by atoms with Crippen molar-refractivity contribution in [3.8, 4) is 0 Å². The summed E-state index contributed by atoms with van der Waals surface area (Å²) in [7, 11) is 0. The SMILES string of the molecule is CCCNC(CC1OCCO1)c1ccc(C)c(Cl)c1. The van der Waals surface area contributed by atoms with Gasteiger partial charge < -0.3 is 14.8 Å². The Morgan fingerprint density at radius 3 is 2.74 bits per heavy atom. The smallest absolute Gasteiger partial charge is 0.159 e. The van der Waals surface area contributed by atoms with E-state index in [1.165, 1.54) is 5.56 Å². The molecule has 0 bridgehead atoms. The predicted molar refractivity (Wildman–Crippen MR) is 77.5 cm³/mol. The number of hydrogen-bond acceptors (Lipinski definition) is 3. The maximum absolute atomic E-state index is 6.22. The van der Waals surface area contributed by atoms with Gasteiger partial charge in [0.1, 0.15) is 0 Å². The fourth-order valence-electron chi connectivity index (χ4n) is 2.22. The summed E-state index contributed by atoms with van der Waals surface area (Å²) >= 11 is 6.22. The number of nitrogens with one attached hydrogen (secondary N) is 1. The van der Waals surface area contributed by atoms with Crippen molar-refractivity contribution in [3.05, 3.63) is 34.3 Å². The van der Waals surface area contributed by atoms with Gasteiger partial charge in [-0.3, -0.25) is 0 Å². The van der Waals surface area contributed by atoms with E-state index in [1.807, 2.05) is 13.0 Å². The first kappa shape index (κ1) is 14.8. The molecule has 0 spiro atoms. The van der Waals surface area contributed by atoms with Crippen LogP contribution in [0.5, 0.6) is 0 Å². The van der Waals surface area contributed by atoms with Gasteiger partial charge in [0.15, 0.2) is 6.29 Å². The third-order valence-electron chi connectivity index (χ3n) is 3.36. The van der Waals surface area contributed by atoms with Crippen LogP contribution in [0.3, 0.4) is 0 Å². The molecular weight excluding hydrogens is 262 g/mol. The van der Waals surface area contributed by atoms with E-state index in [-0.39, 0.29) is 12.3 Å². The zero-order valence-electron chi connectivity index (χ0n) is 11.6. The molecule has 19 heavy (non-hydrogen) atoms. The fraction of sp³-hybridized carbons (Fsp3) is 0.600. The van der Waals surface area contributed by atoms with Crippen molar-refractivity contribution in [2.24, 2.45) is 0 Å². The Balaban J connectivity index is 2.08. The van der Waals surface area contributed by atoms with Crippen LogP contribution in [-0.4, -0.2) is 26.0 Å². The van der Waals surface area contributed by atoms with Crippen LogP contribution in [0, 0.1) is 6.92 Å². The number of halogens is 1. The molecule has 3 nitrogen and oxygen atoms in total. The summed E-state index contributed by atoms with van der Waals surface area (Å²) in [4.78, 5) is 0. The molecule has 1 aliphatic heterocycles. The average molecular weight is 284 g/mol. The Hall–Kier alpha value is -0.610. The van der Waals surface area contributed by atoms with Gasteiger partial charge in [-0.1, -0.05) is 30.7 Å². The molecule has 1 aromatic carbocycles. The van der Waals surface area contributed by atoms with Crippen molar-refractivity contribution in [3.63, 3.8) is 0 Å². The van der Waals surface area contributed by atoms with Gasteiger partial charge in [-0.25, -0.2) is 0 Å². The van der Waals surface area contributed by atoms with E-state index >= 15 is 0 Å². The number of hydrogen-bond donors (Lipinski definition) is 1. The summed E-state index contributed by atoms with van der Waals surface area (Å²) in [5, 5.41) is 4.35. The summed E-state index contributed by atoms with van der Waals surface area (Å²) in [5.41, 5.74) is 2.30. The minimum atomic E-state index is -0.102. The van der Waals surface area contributed by atoms with Crippen LogP contribution >= 0.6 is 11.6 Å². The van der Waals surface area contributed by atoms with Crippen LogP contribution < -0.4 is 5.32 Å². The van der Waals surface area contributed by atoms with E-state index in [0.717, 1.165) is 30.0 Å². The molecule has 0 amide bonds. The molecular formula is C15H22ClNO2. The Morgan fingerprint density at radius 2 is 2.11 bits per heavy atom. The summed E-state index contributed by atoms with van der Waals surface area (Å²) in [5.74, 6) is 0. The van der Waals surface area contributed by atoms with Crippen LogP contribution in [0.15, 0.2) is 18.2 Å². The van der Waals surface area contributed by atoms with E-state index in [9.17, 15) is 0 Å². The highest BCUT2D eigenvalue weighted by Crippen LogP contribution is 2.26. The second-order valence-electron chi connectivity index (χ2n) is 4.92. The molecule has 2 rings (SSSR count). The molecule has 0 radical (unpaired) electrons. The highest BCUT2D eigenvalue weighted by atomic mass is 35.5. The van der Waals surface area contributed by atoms with Crippen molar-refractivity contribution in [1.29, 1.82) is 0 Å². The normalized spacial score (nSPS) is 17.8. The third kappa shape index (κ3) is 4.18. The van der Waals surface area contributed by atoms with Crippen molar-refractivity contribution >= 4 is 11.6 Å². The topological polar surface area (TPSA) is 30.5 Å². The molecule has 1 unspecified atom stereocenters. The Bertz CT molecular complexity index is 405. The second kappa shape index (κ2) is 7.25. The van der Waals surface area contributed by atoms with Gasteiger partial charge in [-0.15, -0.1) is 0 Å². The van der Waals surface area contributed by atoms with E-state index in [1.54, 1.807) is 0 Å². The van der Waals surface area contributed by atoms with Crippen molar-refractivity contribution < 1.29 is 9.47 Å². The van der Waals surface area contributed by atoms with E-state index < -0.39 is 0 Å². The summed E-state index contributed by atoms with van der Waals surface area (Å²) in [6.07, 6.45) is 1.82. The van der Waals surface area contributed by atoms with Gasteiger partial charge in [0.05, 0.1) is 13.2 Å². The lowest BCUT2D eigenvalue weighted by molar-refractivity contribution is -0.0530. The number of aryl methyl sites for hydroxylation is 1. The zero-order valence-corrected chi connectivity index (χ0v) is 12.4. The lowest BCUT2D eigenvalue weighted by atomic mass is 10.0. The molecule has 4 heteroatoms. The van der Waals surface area contributed by atoms with E-state index in [2.05, 4.69) is 24.4 Å². The molecule has 1 atom stereocenters. The molecule has 1 heterocycles. The van der Waals surface area contributed by atoms with Gasteiger partial charge in [0.25, 0.3) is 0 Å². The monoisotopic (exact) mass is 283 g/mol. The van der Waals surface area contributed by atoms with Gasteiger partial charge >= 0.3 is 0 Å². The molecule has 1 N–H and O–H groups in total. The third-order valence-corrected chi connectivity index (χ3v) is 3.77. The Morgan fingerprint density at radius 1 is 1.37 bits per heavy atom. The number of ether oxygens (including phenoxy) is 2. The first-order chi connectivity index (χ1) is 9.20. The first-order valence-electron chi connectivity index (χ1n) is 6.93. The summed E-state index contributed by atoms with van der Waals surface area (Å²) < 4.78 is 11.1.